The number of benzene rings is 1. The van der Waals surface area contributed by atoms with Crippen LogP contribution in [0.4, 0.5) is 0 Å². The van der Waals surface area contributed by atoms with Gasteiger partial charge in [0.2, 0.25) is 0 Å². The van der Waals surface area contributed by atoms with Crippen molar-refractivity contribution in [2.24, 2.45) is 0 Å². The Morgan fingerprint density at radius 1 is 1.23 bits per heavy atom. The van der Waals surface area contributed by atoms with Crippen molar-refractivity contribution in [2.45, 2.75) is 78.3 Å². The fraction of sp³-hybridized carbons (Fsp3) is 0.600. The second-order valence-electron chi connectivity index (χ2n) is 8.57. The largest absolute Gasteiger partial charge is 0.348 e. The molecule has 30 heavy (non-hydrogen) atoms. The molecular weight excluding hydrogens is 372 g/mol. The summed E-state index contributed by atoms with van der Waals surface area (Å²) in [6, 6.07) is 9.16. The zero-order valence-corrected chi connectivity index (χ0v) is 19.2. The summed E-state index contributed by atoms with van der Waals surface area (Å²) in [7, 11) is 0. The average Bonchev–Trinajstić information content (AvgIpc) is 3.20. The van der Waals surface area contributed by atoms with Gasteiger partial charge in [-0.3, -0.25) is 4.79 Å². The summed E-state index contributed by atoms with van der Waals surface area (Å²) in [5.41, 5.74) is 3.32. The molecule has 1 N–H and O–H groups in total. The van der Waals surface area contributed by atoms with E-state index < -0.39 is 0 Å². The number of hydrogen-bond acceptors (Lipinski definition) is 3. The summed E-state index contributed by atoms with van der Waals surface area (Å²) in [5, 5.41) is 3.14. The molecule has 1 aromatic heterocycles. The molecule has 0 saturated heterocycles. The van der Waals surface area contributed by atoms with Crippen LogP contribution in [-0.4, -0.2) is 46.0 Å². The van der Waals surface area contributed by atoms with Gasteiger partial charge in [-0.1, -0.05) is 45.0 Å². The number of aryl methyl sites for hydroxylation is 2. The van der Waals surface area contributed by atoms with Gasteiger partial charge in [0.1, 0.15) is 11.5 Å². The minimum atomic E-state index is -0.0453. The summed E-state index contributed by atoms with van der Waals surface area (Å²) in [4.78, 5) is 19.8. The summed E-state index contributed by atoms with van der Waals surface area (Å²) in [5.74, 6) is 1.49. The molecule has 0 unspecified atom stereocenters. The van der Waals surface area contributed by atoms with Crippen LogP contribution in [0.2, 0.25) is 0 Å². The second kappa shape index (κ2) is 10.8. The minimum Gasteiger partial charge on any atom is -0.348 e. The Morgan fingerprint density at radius 3 is 2.63 bits per heavy atom. The van der Waals surface area contributed by atoms with Gasteiger partial charge in [0.05, 0.1) is 0 Å². The van der Waals surface area contributed by atoms with Gasteiger partial charge < -0.3 is 14.8 Å². The van der Waals surface area contributed by atoms with Crippen LogP contribution in [0.1, 0.15) is 80.3 Å². The van der Waals surface area contributed by atoms with Gasteiger partial charge in [-0.05, 0) is 63.4 Å². The van der Waals surface area contributed by atoms with E-state index in [-0.39, 0.29) is 11.9 Å². The lowest BCUT2D eigenvalue weighted by molar-refractivity contribution is 0.0932. The molecule has 0 spiro atoms. The number of hydrogen-bond donors (Lipinski definition) is 1. The molecule has 5 heteroatoms. The van der Waals surface area contributed by atoms with Gasteiger partial charge in [-0.2, -0.15) is 0 Å². The molecular formula is C25H38N4O. The highest BCUT2D eigenvalue weighted by atomic mass is 16.2. The van der Waals surface area contributed by atoms with Crippen molar-refractivity contribution in [2.75, 3.05) is 19.6 Å². The number of fused-ring (bicyclic) bond motifs is 1. The molecule has 164 valence electrons. The van der Waals surface area contributed by atoms with E-state index in [4.69, 9.17) is 0 Å². The van der Waals surface area contributed by atoms with Crippen LogP contribution < -0.4 is 5.32 Å². The Kier molecular flexibility index (Phi) is 8.08. The van der Waals surface area contributed by atoms with E-state index in [9.17, 15) is 4.79 Å². The standard InChI is InChI=1S/C25H38N4O/c1-5-20-10-12-21(13-11-20)22-14-15-24-27-23(18-29(24)17-22)25(30)26-19(4)9-8-16-28(6-2)7-3/h10-13,18-19,22H,5-9,14-17H2,1-4H3,(H,26,30)/t19-,22+/m1/s1. The van der Waals surface area contributed by atoms with Crippen molar-refractivity contribution in [3.63, 3.8) is 0 Å². The number of rotatable bonds is 10. The fourth-order valence-corrected chi connectivity index (χ4v) is 4.38. The summed E-state index contributed by atoms with van der Waals surface area (Å²) < 4.78 is 2.18. The molecule has 0 saturated carbocycles. The van der Waals surface area contributed by atoms with Gasteiger partial charge in [-0.25, -0.2) is 4.98 Å². The molecule has 1 aliphatic rings. The fourth-order valence-electron chi connectivity index (χ4n) is 4.38. The lowest BCUT2D eigenvalue weighted by Gasteiger charge is -2.24. The second-order valence-corrected chi connectivity index (χ2v) is 8.57. The lowest BCUT2D eigenvalue weighted by atomic mass is 9.91. The van der Waals surface area contributed by atoms with Gasteiger partial charge in [-0.15, -0.1) is 0 Å². The number of carbonyl (C=O) groups excluding carboxylic acids is 1. The van der Waals surface area contributed by atoms with Crippen molar-refractivity contribution in [1.29, 1.82) is 0 Å². The van der Waals surface area contributed by atoms with E-state index in [1.807, 2.05) is 6.20 Å². The lowest BCUT2D eigenvalue weighted by Crippen LogP contribution is -2.34. The molecule has 2 heterocycles. The van der Waals surface area contributed by atoms with Gasteiger partial charge in [0, 0.05) is 31.1 Å². The molecule has 0 radical (unpaired) electrons. The number of carbonyl (C=O) groups is 1. The zero-order valence-electron chi connectivity index (χ0n) is 19.2. The van der Waals surface area contributed by atoms with Crippen molar-refractivity contribution in [1.82, 2.24) is 19.8 Å². The molecule has 0 aliphatic carbocycles. The normalized spacial score (nSPS) is 17.0. The predicted octanol–water partition coefficient (Wildman–Crippen LogP) is 4.42. The first-order chi connectivity index (χ1) is 14.5. The monoisotopic (exact) mass is 410 g/mol. The summed E-state index contributed by atoms with van der Waals surface area (Å²) in [6.07, 6.45) is 7.12. The van der Waals surface area contributed by atoms with E-state index in [0.29, 0.717) is 11.6 Å². The Hall–Kier alpha value is -2.14. The summed E-state index contributed by atoms with van der Waals surface area (Å²) in [6.45, 7) is 12.8. The van der Waals surface area contributed by atoms with Crippen LogP contribution in [0.5, 0.6) is 0 Å². The number of nitrogens with one attached hydrogen (secondary N) is 1. The smallest absolute Gasteiger partial charge is 0.271 e. The van der Waals surface area contributed by atoms with Gasteiger partial charge >= 0.3 is 0 Å². The van der Waals surface area contributed by atoms with E-state index in [2.05, 4.69) is 71.7 Å². The maximum Gasteiger partial charge on any atom is 0.271 e. The molecule has 0 fully saturated rings. The van der Waals surface area contributed by atoms with Crippen LogP contribution in [0, 0.1) is 0 Å². The number of nitrogens with zero attached hydrogens (tertiary/aromatic N) is 3. The highest BCUT2D eigenvalue weighted by molar-refractivity contribution is 5.92. The minimum absolute atomic E-state index is 0.0453. The molecule has 2 aromatic rings. The van der Waals surface area contributed by atoms with Crippen LogP contribution in [0.15, 0.2) is 30.5 Å². The highest BCUT2D eigenvalue weighted by Crippen LogP contribution is 2.29. The predicted molar refractivity (Wildman–Crippen MR) is 123 cm³/mol. The zero-order chi connectivity index (χ0) is 21.5. The molecule has 1 aromatic carbocycles. The quantitative estimate of drug-likeness (QED) is 0.631. The third-order valence-corrected chi connectivity index (χ3v) is 6.47. The third-order valence-electron chi connectivity index (χ3n) is 6.47. The van der Waals surface area contributed by atoms with Crippen molar-refractivity contribution in [3.05, 3.63) is 53.1 Å². The maximum absolute atomic E-state index is 12.7. The first-order valence-electron chi connectivity index (χ1n) is 11.7. The van der Waals surface area contributed by atoms with Crippen molar-refractivity contribution < 1.29 is 4.79 Å². The number of amides is 1. The first kappa shape index (κ1) is 22.5. The van der Waals surface area contributed by atoms with Gasteiger partial charge in [0.25, 0.3) is 5.91 Å². The van der Waals surface area contributed by atoms with E-state index >= 15 is 0 Å². The molecule has 5 nitrogen and oxygen atoms in total. The van der Waals surface area contributed by atoms with E-state index in [1.165, 1.54) is 11.1 Å². The molecule has 1 aliphatic heterocycles. The average molecular weight is 411 g/mol. The Morgan fingerprint density at radius 2 is 1.97 bits per heavy atom. The Labute approximate surface area is 181 Å². The van der Waals surface area contributed by atoms with Crippen molar-refractivity contribution >= 4 is 5.91 Å². The van der Waals surface area contributed by atoms with Crippen LogP contribution in [-0.2, 0) is 19.4 Å². The van der Waals surface area contributed by atoms with Crippen LogP contribution >= 0.6 is 0 Å². The molecule has 3 rings (SSSR count). The molecule has 0 bridgehead atoms. The third kappa shape index (κ3) is 5.72. The van der Waals surface area contributed by atoms with E-state index in [1.54, 1.807) is 0 Å². The van der Waals surface area contributed by atoms with Crippen LogP contribution in [0.3, 0.4) is 0 Å². The molecule has 1 amide bonds. The Balaban J connectivity index is 1.54. The van der Waals surface area contributed by atoms with Crippen molar-refractivity contribution in [3.8, 4) is 0 Å². The summed E-state index contributed by atoms with van der Waals surface area (Å²) >= 11 is 0. The molecule has 2 atom stereocenters. The maximum atomic E-state index is 12.7. The number of aromatic nitrogens is 2. The Bertz CT molecular complexity index is 807. The van der Waals surface area contributed by atoms with Crippen LogP contribution in [0.25, 0.3) is 0 Å². The van der Waals surface area contributed by atoms with E-state index in [0.717, 1.165) is 64.1 Å². The topological polar surface area (TPSA) is 50.2 Å². The highest BCUT2D eigenvalue weighted by Gasteiger charge is 2.24. The first-order valence-corrected chi connectivity index (χ1v) is 11.7. The van der Waals surface area contributed by atoms with Gasteiger partial charge in [0.15, 0.2) is 0 Å². The number of imidazole rings is 1. The SMILES string of the molecule is CCc1ccc([C@H]2CCc3nc(C(=O)N[C@H](C)CCCN(CC)CC)cn3C2)cc1.